The summed E-state index contributed by atoms with van der Waals surface area (Å²) in [6.45, 7) is 3.97. The number of amides is 3. The fraction of sp³-hybridized carbons (Fsp3) is 0.444. The first-order valence-corrected chi connectivity index (χ1v) is 12.3. The number of likely N-dealkylation sites (tertiary alicyclic amines) is 1. The third-order valence-electron chi connectivity index (χ3n) is 6.98. The lowest BCUT2D eigenvalue weighted by atomic mass is 9.85. The van der Waals surface area contributed by atoms with E-state index in [1.807, 2.05) is 42.5 Å². The first-order chi connectivity index (χ1) is 17.0. The summed E-state index contributed by atoms with van der Waals surface area (Å²) in [5.41, 5.74) is 0.691. The molecule has 2 aromatic rings. The van der Waals surface area contributed by atoms with Crippen LogP contribution >= 0.6 is 0 Å². The fourth-order valence-electron chi connectivity index (χ4n) is 5.03. The molecule has 35 heavy (non-hydrogen) atoms. The van der Waals surface area contributed by atoms with Gasteiger partial charge in [-0.15, -0.1) is 0 Å². The molecular weight excluding hydrogens is 444 g/mol. The molecule has 4 rings (SSSR count). The van der Waals surface area contributed by atoms with E-state index in [4.69, 9.17) is 4.74 Å². The van der Waals surface area contributed by atoms with E-state index in [0.717, 1.165) is 18.5 Å². The molecule has 0 saturated carbocycles. The van der Waals surface area contributed by atoms with Crippen molar-refractivity contribution in [2.24, 2.45) is 0 Å². The van der Waals surface area contributed by atoms with Crippen molar-refractivity contribution in [2.45, 2.75) is 38.1 Å². The molecule has 1 spiro atoms. The molecule has 2 fully saturated rings. The SMILES string of the molecule is CCCCNC(=O)CN1CN(c2ccccc2)C2(CCN(C(=O)c3ccccc3OC)CC2)C1=O. The second-order valence-electron chi connectivity index (χ2n) is 9.14. The van der Waals surface area contributed by atoms with Crippen LogP contribution < -0.4 is 15.0 Å². The third kappa shape index (κ3) is 4.97. The van der Waals surface area contributed by atoms with Gasteiger partial charge in [-0.25, -0.2) is 0 Å². The van der Waals surface area contributed by atoms with Crippen LogP contribution in [0.3, 0.4) is 0 Å². The molecule has 2 saturated heterocycles. The average Bonchev–Trinajstić information content (AvgIpc) is 3.15. The quantitative estimate of drug-likeness (QED) is 0.590. The Bertz CT molecular complexity index is 1050. The Balaban J connectivity index is 1.52. The minimum absolute atomic E-state index is 0.0392. The lowest BCUT2D eigenvalue weighted by molar-refractivity contribution is -0.137. The number of carbonyl (C=O) groups is 3. The molecule has 2 heterocycles. The number of para-hydroxylation sites is 2. The van der Waals surface area contributed by atoms with E-state index >= 15 is 0 Å². The van der Waals surface area contributed by atoms with Gasteiger partial charge in [-0.05, 0) is 43.5 Å². The number of nitrogens with one attached hydrogen (secondary N) is 1. The van der Waals surface area contributed by atoms with Crippen LogP contribution in [0.4, 0.5) is 5.69 Å². The van der Waals surface area contributed by atoms with Crippen LogP contribution in [-0.4, -0.2) is 73.0 Å². The molecule has 186 valence electrons. The van der Waals surface area contributed by atoms with Crippen LogP contribution in [-0.2, 0) is 9.59 Å². The molecular formula is C27H34N4O4. The van der Waals surface area contributed by atoms with Crippen molar-refractivity contribution >= 4 is 23.4 Å². The van der Waals surface area contributed by atoms with E-state index in [1.165, 1.54) is 0 Å². The van der Waals surface area contributed by atoms with Crippen LogP contribution in [0.1, 0.15) is 43.0 Å². The lowest BCUT2D eigenvalue weighted by Gasteiger charge is -2.43. The summed E-state index contributed by atoms with van der Waals surface area (Å²) in [7, 11) is 1.55. The molecule has 2 aromatic carbocycles. The van der Waals surface area contributed by atoms with Crippen LogP contribution in [0.5, 0.6) is 5.75 Å². The van der Waals surface area contributed by atoms with Gasteiger partial charge >= 0.3 is 0 Å². The third-order valence-corrected chi connectivity index (χ3v) is 6.98. The summed E-state index contributed by atoms with van der Waals surface area (Å²) in [6.07, 6.45) is 2.90. The second-order valence-corrected chi connectivity index (χ2v) is 9.14. The van der Waals surface area contributed by atoms with Gasteiger partial charge in [-0.1, -0.05) is 43.7 Å². The number of nitrogens with zero attached hydrogens (tertiary/aromatic N) is 3. The molecule has 8 heteroatoms. The minimum Gasteiger partial charge on any atom is -0.496 e. The Labute approximate surface area is 206 Å². The van der Waals surface area contributed by atoms with Crippen LogP contribution in [0.2, 0.25) is 0 Å². The van der Waals surface area contributed by atoms with Crippen LogP contribution in [0.15, 0.2) is 54.6 Å². The zero-order valence-electron chi connectivity index (χ0n) is 20.5. The molecule has 0 aromatic heterocycles. The summed E-state index contributed by atoms with van der Waals surface area (Å²) in [5, 5.41) is 2.91. The van der Waals surface area contributed by atoms with Gasteiger partial charge in [0, 0.05) is 25.3 Å². The Kier molecular flexibility index (Phi) is 7.58. The number of hydrogen-bond acceptors (Lipinski definition) is 5. The standard InChI is InChI=1S/C27H34N4O4/c1-3-4-16-28-24(32)19-30-20-31(21-10-6-5-7-11-21)27(26(30)34)14-17-29(18-15-27)25(33)22-12-8-9-13-23(22)35-2/h5-13H,3-4,14-20H2,1-2H3,(H,28,32). The average molecular weight is 479 g/mol. The predicted molar refractivity (Wildman–Crippen MR) is 134 cm³/mol. The van der Waals surface area contributed by atoms with Crippen molar-refractivity contribution in [1.29, 1.82) is 0 Å². The first-order valence-electron chi connectivity index (χ1n) is 12.3. The van der Waals surface area contributed by atoms with Crippen molar-refractivity contribution in [3.05, 3.63) is 60.2 Å². The van der Waals surface area contributed by atoms with Crippen molar-refractivity contribution in [1.82, 2.24) is 15.1 Å². The minimum atomic E-state index is -0.775. The van der Waals surface area contributed by atoms with Gasteiger partial charge < -0.3 is 24.8 Å². The van der Waals surface area contributed by atoms with Crippen molar-refractivity contribution in [3.8, 4) is 5.75 Å². The molecule has 0 aliphatic carbocycles. The number of piperidine rings is 1. The van der Waals surface area contributed by atoms with Gasteiger partial charge in [0.2, 0.25) is 5.91 Å². The second kappa shape index (κ2) is 10.8. The number of benzene rings is 2. The summed E-state index contributed by atoms with van der Waals surface area (Å²) < 4.78 is 5.37. The molecule has 0 unspecified atom stereocenters. The van der Waals surface area contributed by atoms with E-state index in [-0.39, 0.29) is 24.3 Å². The van der Waals surface area contributed by atoms with Gasteiger partial charge in [-0.2, -0.15) is 0 Å². The summed E-state index contributed by atoms with van der Waals surface area (Å²) >= 11 is 0. The monoisotopic (exact) mass is 478 g/mol. The number of ether oxygens (including phenoxy) is 1. The number of carbonyl (C=O) groups excluding carboxylic acids is 3. The Morgan fingerprint density at radius 2 is 1.71 bits per heavy atom. The van der Waals surface area contributed by atoms with Crippen molar-refractivity contribution in [2.75, 3.05) is 44.9 Å². The predicted octanol–water partition coefficient (Wildman–Crippen LogP) is 2.89. The number of rotatable bonds is 8. The van der Waals surface area contributed by atoms with Gasteiger partial charge in [-0.3, -0.25) is 14.4 Å². The van der Waals surface area contributed by atoms with Gasteiger partial charge in [0.15, 0.2) is 0 Å². The Hall–Kier alpha value is -3.55. The topological polar surface area (TPSA) is 82.2 Å². The summed E-state index contributed by atoms with van der Waals surface area (Å²) in [6, 6.07) is 17.0. The normalized spacial score (nSPS) is 17.1. The van der Waals surface area contributed by atoms with Crippen molar-refractivity contribution in [3.63, 3.8) is 0 Å². The maximum atomic E-state index is 13.8. The summed E-state index contributed by atoms with van der Waals surface area (Å²) in [5.74, 6) is 0.263. The molecule has 2 aliphatic rings. The molecule has 3 amide bonds. The highest BCUT2D eigenvalue weighted by Crippen LogP contribution is 2.39. The smallest absolute Gasteiger partial charge is 0.257 e. The van der Waals surface area contributed by atoms with Gasteiger partial charge in [0.05, 0.1) is 19.3 Å². The number of anilines is 1. The Morgan fingerprint density at radius 3 is 2.40 bits per heavy atom. The highest BCUT2D eigenvalue weighted by Gasteiger charge is 2.54. The Morgan fingerprint density at radius 1 is 1.03 bits per heavy atom. The molecule has 1 N–H and O–H groups in total. The number of hydrogen-bond donors (Lipinski definition) is 1. The number of methoxy groups -OCH3 is 1. The largest absolute Gasteiger partial charge is 0.496 e. The maximum Gasteiger partial charge on any atom is 0.257 e. The molecule has 2 aliphatic heterocycles. The zero-order valence-corrected chi connectivity index (χ0v) is 20.5. The van der Waals surface area contributed by atoms with Gasteiger partial charge in [0.1, 0.15) is 17.8 Å². The van der Waals surface area contributed by atoms with E-state index < -0.39 is 5.54 Å². The zero-order chi connectivity index (χ0) is 24.8. The molecule has 0 atom stereocenters. The lowest BCUT2D eigenvalue weighted by Crippen LogP contribution is -2.57. The van der Waals surface area contributed by atoms with E-state index in [0.29, 0.717) is 50.5 Å². The van der Waals surface area contributed by atoms with Gasteiger partial charge in [0.25, 0.3) is 11.8 Å². The number of unbranched alkanes of at least 4 members (excludes halogenated alkanes) is 1. The van der Waals surface area contributed by atoms with Crippen molar-refractivity contribution < 1.29 is 19.1 Å². The molecule has 0 radical (unpaired) electrons. The first kappa shape index (κ1) is 24.6. The highest BCUT2D eigenvalue weighted by molar-refractivity contribution is 5.99. The van der Waals surface area contributed by atoms with E-state index in [1.54, 1.807) is 29.0 Å². The molecule has 0 bridgehead atoms. The molecule has 8 nitrogen and oxygen atoms in total. The highest BCUT2D eigenvalue weighted by atomic mass is 16.5. The van der Waals surface area contributed by atoms with E-state index in [2.05, 4.69) is 17.1 Å². The van der Waals surface area contributed by atoms with E-state index in [9.17, 15) is 14.4 Å². The van der Waals surface area contributed by atoms with Crippen LogP contribution in [0, 0.1) is 0 Å². The fourth-order valence-corrected chi connectivity index (χ4v) is 5.03. The van der Waals surface area contributed by atoms with Crippen LogP contribution in [0.25, 0.3) is 0 Å². The summed E-state index contributed by atoms with van der Waals surface area (Å²) in [4.78, 5) is 45.0. The maximum absolute atomic E-state index is 13.8.